The molecule has 22 heavy (non-hydrogen) atoms. The minimum absolute atomic E-state index is 0.0557. The lowest BCUT2D eigenvalue weighted by Gasteiger charge is -2.39. The first-order chi connectivity index (χ1) is 10.3. The molecule has 2 heterocycles. The number of nitrogens with zero attached hydrogens (tertiary/aromatic N) is 1. The summed E-state index contributed by atoms with van der Waals surface area (Å²) < 4.78 is 11.5. The number of carbonyl (C=O) groups is 1. The average molecular weight is 312 g/mol. The molecule has 2 amide bonds. The van der Waals surface area contributed by atoms with Gasteiger partial charge in [-0.05, 0) is 38.0 Å². The minimum Gasteiger partial charge on any atom is -0.347 e. The van der Waals surface area contributed by atoms with Crippen molar-refractivity contribution in [3.8, 4) is 0 Å². The molecule has 128 valence electrons. The third-order valence-corrected chi connectivity index (χ3v) is 4.69. The maximum absolute atomic E-state index is 12.3. The van der Waals surface area contributed by atoms with E-state index in [0.717, 1.165) is 45.3 Å². The predicted octanol–water partition coefficient (Wildman–Crippen LogP) is 3.00. The highest BCUT2D eigenvalue weighted by molar-refractivity contribution is 5.74. The number of hydrogen-bond donors (Lipinski definition) is 1. The van der Waals surface area contributed by atoms with Gasteiger partial charge in [-0.25, -0.2) is 4.79 Å². The van der Waals surface area contributed by atoms with Crippen molar-refractivity contribution in [1.82, 2.24) is 10.2 Å². The number of carbonyl (C=O) groups excluding carboxylic acids is 1. The normalized spacial score (nSPS) is 25.3. The highest BCUT2D eigenvalue weighted by atomic mass is 16.7. The maximum Gasteiger partial charge on any atom is 0.317 e. The molecule has 1 N–H and O–H groups in total. The number of ether oxygens (including phenoxy) is 2. The van der Waals surface area contributed by atoms with Crippen LogP contribution in [0.2, 0.25) is 0 Å². The second-order valence-corrected chi connectivity index (χ2v) is 7.89. The van der Waals surface area contributed by atoms with Crippen LogP contribution in [0.25, 0.3) is 0 Å². The van der Waals surface area contributed by atoms with Gasteiger partial charge in [-0.3, -0.25) is 0 Å². The number of piperidine rings is 1. The van der Waals surface area contributed by atoms with Crippen molar-refractivity contribution >= 4 is 6.03 Å². The highest BCUT2D eigenvalue weighted by Gasteiger charge is 2.42. The maximum atomic E-state index is 12.3. The van der Waals surface area contributed by atoms with Gasteiger partial charge in [-0.1, -0.05) is 20.8 Å². The topological polar surface area (TPSA) is 50.8 Å². The molecule has 2 saturated heterocycles. The zero-order valence-electron chi connectivity index (χ0n) is 14.6. The number of likely N-dealkylation sites (tertiary alicyclic amines) is 1. The molecule has 0 aromatic carbocycles. The summed E-state index contributed by atoms with van der Waals surface area (Å²) in [4.78, 5) is 14.2. The lowest BCUT2D eigenvalue weighted by Crippen LogP contribution is -2.51. The summed E-state index contributed by atoms with van der Waals surface area (Å²) in [6.07, 6.45) is 4.22. The summed E-state index contributed by atoms with van der Waals surface area (Å²) >= 11 is 0. The minimum atomic E-state index is -0.509. The van der Waals surface area contributed by atoms with E-state index in [2.05, 4.69) is 26.1 Å². The Balaban J connectivity index is 1.75. The second kappa shape index (κ2) is 7.18. The Bertz CT molecular complexity index is 373. The first-order valence-electron chi connectivity index (χ1n) is 8.61. The lowest BCUT2D eigenvalue weighted by molar-refractivity contribution is -0.189. The molecule has 0 bridgehead atoms. The fourth-order valence-corrected chi connectivity index (χ4v) is 3.28. The smallest absolute Gasteiger partial charge is 0.317 e. The number of nitrogens with one attached hydrogen (secondary N) is 1. The van der Waals surface area contributed by atoms with Crippen LogP contribution in [-0.4, -0.2) is 49.6 Å². The van der Waals surface area contributed by atoms with Crippen LogP contribution in [0.4, 0.5) is 4.79 Å². The van der Waals surface area contributed by atoms with Crippen molar-refractivity contribution in [3.05, 3.63) is 0 Å². The first-order valence-corrected chi connectivity index (χ1v) is 8.61. The van der Waals surface area contributed by atoms with Crippen LogP contribution in [0.1, 0.15) is 53.4 Å². The van der Waals surface area contributed by atoms with Crippen molar-refractivity contribution in [3.63, 3.8) is 0 Å². The predicted molar refractivity (Wildman–Crippen MR) is 86.7 cm³/mol. The molecule has 2 fully saturated rings. The number of rotatable bonds is 4. The van der Waals surface area contributed by atoms with Crippen LogP contribution < -0.4 is 5.32 Å². The summed E-state index contributed by atoms with van der Waals surface area (Å²) in [6, 6.07) is 0.0557. The van der Waals surface area contributed by atoms with Gasteiger partial charge in [0.1, 0.15) is 0 Å². The largest absolute Gasteiger partial charge is 0.347 e. The molecule has 1 atom stereocenters. The van der Waals surface area contributed by atoms with Crippen LogP contribution in [0, 0.1) is 11.3 Å². The van der Waals surface area contributed by atoms with E-state index < -0.39 is 5.79 Å². The van der Waals surface area contributed by atoms with E-state index in [9.17, 15) is 4.79 Å². The van der Waals surface area contributed by atoms with Gasteiger partial charge in [0.15, 0.2) is 5.79 Å². The summed E-state index contributed by atoms with van der Waals surface area (Å²) in [6.45, 7) is 12.3. The van der Waals surface area contributed by atoms with Gasteiger partial charge in [-0.15, -0.1) is 0 Å². The molecule has 0 saturated carbocycles. The summed E-state index contributed by atoms with van der Waals surface area (Å²) in [5.41, 5.74) is 0.326. The van der Waals surface area contributed by atoms with Gasteiger partial charge in [0.25, 0.3) is 0 Å². The molecule has 0 unspecified atom stereocenters. The third kappa shape index (κ3) is 4.85. The molecule has 2 rings (SSSR count). The van der Waals surface area contributed by atoms with E-state index in [4.69, 9.17) is 9.47 Å². The van der Waals surface area contributed by atoms with Gasteiger partial charge in [0.05, 0.1) is 13.2 Å². The Labute approximate surface area is 134 Å². The van der Waals surface area contributed by atoms with Crippen molar-refractivity contribution in [2.45, 2.75) is 59.2 Å². The Morgan fingerprint density at radius 3 is 2.64 bits per heavy atom. The summed E-state index contributed by atoms with van der Waals surface area (Å²) in [5.74, 6) is -0.241. The van der Waals surface area contributed by atoms with E-state index in [1.54, 1.807) is 0 Å². The second-order valence-electron chi connectivity index (χ2n) is 7.89. The van der Waals surface area contributed by atoms with E-state index >= 15 is 0 Å². The van der Waals surface area contributed by atoms with Crippen LogP contribution in [-0.2, 0) is 9.47 Å². The van der Waals surface area contributed by atoms with Crippen LogP contribution >= 0.6 is 0 Å². The Hall–Kier alpha value is -0.810. The fourth-order valence-electron chi connectivity index (χ4n) is 3.28. The van der Waals surface area contributed by atoms with Gasteiger partial charge in [-0.2, -0.15) is 0 Å². The fraction of sp³-hybridized carbons (Fsp3) is 0.941. The number of amides is 2. The van der Waals surface area contributed by atoms with E-state index in [-0.39, 0.29) is 11.9 Å². The van der Waals surface area contributed by atoms with Crippen LogP contribution in [0.15, 0.2) is 0 Å². The van der Waals surface area contributed by atoms with E-state index in [0.29, 0.717) is 18.6 Å². The molecule has 0 aliphatic carbocycles. The Kier molecular flexibility index (Phi) is 5.72. The average Bonchev–Trinajstić information content (AvgIpc) is 2.91. The van der Waals surface area contributed by atoms with Gasteiger partial charge in [0.2, 0.25) is 0 Å². The van der Waals surface area contributed by atoms with E-state index in [1.165, 1.54) is 0 Å². The third-order valence-electron chi connectivity index (χ3n) is 4.69. The highest BCUT2D eigenvalue weighted by Crippen LogP contribution is 2.34. The van der Waals surface area contributed by atoms with Crippen molar-refractivity contribution < 1.29 is 14.3 Å². The van der Waals surface area contributed by atoms with Gasteiger partial charge >= 0.3 is 6.03 Å². The van der Waals surface area contributed by atoms with E-state index in [1.807, 2.05) is 11.8 Å². The molecule has 5 nitrogen and oxygen atoms in total. The molecule has 0 aromatic rings. The SMILES string of the molecule is CC(C)(C)CCCNC(=O)N1CCC[C@@H](C2(C)OCCO2)C1. The number of urea groups is 1. The molecule has 2 aliphatic heterocycles. The van der Waals surface area contributed by atoms with Gasteiger partial charge in [0, 0.05) is 25.6 Å². The molecular formula is C17H32N2O3. The van der Waals surface area contributed by atoms with Crippen molar-refractivity contribution in [2.75, 3.05) is 32.8 Å². The summed E-state index contributed by atoms with van der Waals surface area (Å²) in [5, 5.41) is 3.05. The summed E-state index contributed by atoms with van der Waals surface area (Å²) in [7, 11) is 0. The molecule has 5 heteroatoms. The lowest BCUT2D eigenvalue weighted by atomic mass is 9.90. The van der Waals surface area contributed by atoms with Crippen LogP contribution in [0.3, 0.4) is 0 Å². The van der Waals surface area contributed by atoms with Crippen molar-refractivity contribution in [1.29, 1.82) is 0 Å². The first kappa shape index (κ1) is 17.5. The quantitative estimate of drug-likeness (QED) is 0.812. The monoisotopic (exact) mass is 312 g/mol. The Morgan fingerprint density at radius 1 is 1.32 bits per heavy atom. The molecule has 0 aromatic heterocycles. The standard InChI is InChI=1S/C17H32N2O3/c1-16(2,3)8-6-9-18-15(20)19-10-5-7-14(13-19)17(4)21-11-12-22-17/h14H,5-13H2,1-4H3,(H,18,20)/t14-/m1/s1. The molecule has 0 radical (unpaired) electrons. The van der Waals surface area contributed by atoms with Crippen LogP contribution in [0.5, 0.6) is 0 Å². The Morgan fingerprint density at radius 2 is 2.00 bits per heavy atom. The van der Waals surface area contributed by atoms with Gasteiger partial charge < -0.3 is 19.7 Å². The number of hydrogen-bond acceptors (Lipinski definition) is 3. The zero-order valence-corrected chi connectivity index (χ0v) is 14.6. The van der Waals surface area contributed by atoms with Crippen molar-refractivity contribution in [2.24, 2.45) is 11.3 Å². The zero-order chi connectivity index (χ0) is 16.2. The molecule has 2 aliphatic rings. The molecule has 0 spiro atoms. The molecular weight excluding hydrogens is 280 g/mol.